The first-order valence-electron chi connectivity index (χ1n) is 11.9. The second-order valence-corrected chi connectivity index (χ2v) is 9.82. The van der Waals surface area contributed by atoms with Gasteiger partial charge in [-0.15, -0.1) is 0 Å². The molecule has 29 heavy (non-hydrogen) atoms. The predicted octanol–water partition coefficient (Wildman–Crippen LogP) is 4.55. The van der Waals surface area contributed by atoms with Gasteiger partial charge in [-0.2, -0.15) is 0 Å². The van der Waals surface area contributed by atoms with E-state index in [1.54, 1.807) is 0 Å². The van der Waals surface area contributed by atoms with Gasteiger partial charge in [-0.05, 0) is 47.4 Å². The quantitative estimate of drug-likeness (QED) is 0.801. The lowest BCUT2D eigenvalue weighted by molar-refractivity contribution is -0.0708. The van der Waals surface area contributed by atoms with Crippen molar-refractivity contribution in [3.63, 3.8) is 0 Å². The highest BCUT2D eigenvalue weighted by Crippen LogP contribution is 2.50. The topological polar surface area (TPSA) is 35.5 Å². The summed E-state index contributed by atoms with van der Waals surface area (Å²) in [5.41, 5.74) is 0.784. The Morgan fingerprint density at radius 1 is 0.966 bits per heavy atom. The molecule has 156 valence electrons. The van der Waals surface area contributed by atoms with Gasteiger partial charge in [0.1, 0.15) is 0 Å². The second kappa shape index (κ2) is 8.37. The Labute approximate surface area is 175 Å². The second-order valence-electron chi connectivity index (χ2n) is 9.82. The monoisotopic (exact) mass is 392 g/mol. The number of rotatable bonds is 4. The highest BCUT2D eigenvalue weighted by Gasteiger charge is 2.46. The van der Waals surface area contributed by atoms with Gasteiger partial charge in [0, 0.05) is 38.6 Å². The van der Waals surface area contributed by atoms with Gasteiger partial charge in [0.25, 0.3) is 0 Å². The molecule has 4 unspecified atom stereocenters. The summed E-state index contributed by atoms with van der Waals surface area (Å²) >= 11 is 0. The fourth-order valence-electron chi connectivity index (χ4n) is 6.51. The van der Waals surface area contributed by atoms with Crippen LogP contribution in [-0.2, 0) is 0 Å². The summed E-state index contributed by atoms with van der Waals surface area (Å²) in [6.07, 6.45) is 8.64. The smallest absolute Gasteiger partial charge is 0.0731 e. The molecule has 3 heteroatoms. The first-order chi connectivity index (χ1) is 14.2. The Morgan fingerprint density at radius 3 is 2.59 bits per heavy atom. The number of hydrogen-bond donors (Lipinski definition) is 2. The van der Waals surface area contributed by atoms with Crippen LogP contribution in [0.1, 0.15) is 56.4 Å². The van der Waals surface area contributed by atoms with Crippen LogP contribution >= 0.6 is 0 Å². The number of piperazine rings is 1. The minimum atomic E-state index is -0.576. The normalized spacial score (nSPS) is 32.0. The Hall–Kier alpha value is -1.42. The number of benzene rings is 2. The van der Waals surface area contributed by atoms with Gasteiger partial charge in [0.05, 0.1) is 5.60 Å². The maximum Gasteiger partial charge on any atom is 0.0731 e. The summed E-state index contributed by atoms with van der Waals surface area (Å²) in [6.45, 7) is 5.27. The average molecular weight is 393 g/mol. The van der Waals surface area contributed by atoms with Crippen molar-refractivity contribution in [2.24, 2.45) is 11.8 Å². The number of fused-ring (bicyclic) bond motifs is 2. The zero-order valence-corrected chi connectivity index (χ0v) is 17.7. The SMILES string of the molecule is OC1(C(CN2CCNCC2)c2cccc3ccccc23)CCC2CCCCC2C1. The number of nitrogens with zero attached hydrogens (tertiary/aromatic N) is 1. The molecule has 2 aromatic rings. The van der Waals surface area contributed by atoms with E-state index < -0.39 is 5.60 Å². The third-order valence-corrected chi connectivity index (χ3v) is 8.13. The highest BCUT2D eigenvalue weighted by atomic mass is 16.3. The van der Waals surface area contributed by atoms with Crippen molar-refractivity contribution >= 4 is 10.8 Å². The van der Waals surface area contributed by atoms with Gasteiger partial charge in [0.2, 0.25) is 0 Å². The van der Waals surface area contributed by atoms with Crippen LogP contribution in [0.25, 0.3) is 10.8 Å². The number of nitrogens with one attached hydrogen (secondary N) is 1. The molecular formula is C26H36N2O. The Bertz CT molecular complexity index is 825. The van der Waals surface area contributed by atoms with Gasteiger partial charge in [-0.25, -0.2) is 0 Å². The third-order valence-electron chi connectivity index (χ3n) is 8.13. The van der Waals surface area contributed by atoms with Gasteiger partial charge >= 0.3 is 0 Å². The molecule has 1 aliphatic heterocycles. The molecule has 2 N–H and O–H groups in total. The van der Waals surface area contributed by atoms with Crippen molar-refractivity contribution in [3.8, 4) is 0 Å². The lowest BCUT2D eigenvalue weighted by Crippen LogP contribution is -2.51. The number of aliphatic hydroxyl groups is 1. The Balaban J connectivity index is 1.51. The molecular weight excluding hydrogens is 356 g/mol. The van der Waals surface area contributed by atoms with Gasteiger partial charge in [0.15, 0.2) is 0 Å². The van der Waals surface area contributed by atoms with E-state index in [0.717, 1.165) is 57.4 Å². The molecule has 2 saturated carbocycles. The molecule has 3 nitrogen and oxygen atoms in total. The lowest BCUT2D eigenvalue weighted by atomic mass is 9.61. The van der Waals surface area contributed by atoms with Gasteiger partial charge in [-0.3, -0.25) is 0 Å². The molecule has 4 atom stereocenters. The van der Waals surface area contributed by atoms with E-state index in [0.29, 0.717) is 0 Å². The molecule has 3 fully saturated rings. The van der Waals surface area contributed by atoms with E-state index in [2.05, 4.69) is 52.7 Å². The molecule has 0 aromatic heterocycles. The molecule has 0 spiro atoms. The average Bonchev–Trinajstić information content (AvgIpc) is 2.78. The highest BCUT2D eigenvalue weighted by molar-refractivity contribution is 5.86. The van der Waals surface area contributed by atoms with Crippen molar-refractivity contribution in [3.05, 3.63) is 48.0 Å². The Morgan fingerprint density at radius 2 is 1.72 bits per heavy atom. The third kappa shape index (κ3) is 3.97. The summed E-state index contributed by atoms with van der Waals surface area (Å²) < 4.78 is 0. The first kappa shape index (κ1) is 19.5. The minimum absolute atomic E-state index is 0.189. The van der Waals surface area contributed by atoms with E-state index in [9.17, 15) is 5.11 Å². The van der Waals surface area contributed by atoms with Crippen molar-refractivity contribution in [2.45, 2.75) is 56.5 Å². The zero-order chi connectivity index (χ0) is 19.7. The van der Waals surface area contributed by atoms with E-state index in [1.165, 1.54) is 48.4 Å². The summed E-state index contributed by atoms with van der Waals surface area (Å²) in [7, 11) is 0. The van der Waals surface area contributed by atoms with Gasteiger partial charge in [-0.1, -0.05) is 68.1 Å². The van der Waals surface area contributed by atoms with Crippen LogP contribution in [0.3, 0.4) is 0 Å². The molecule has 1 saturated heterocycles. The van der Waals surface area contributed by atoms with E-state index in [1.807, 2.05) is 0 Å². The van der Waals surface area contributed by atoms with Gasteiger partial charge < -0.3 is 15.3 Å². The maximum atomic E-state index is 12.2. The van der Waals surface area contributed by atoms with E-state index in [-0.39, 0.29) is 5.92 Å². The van der Waals surface area contributed by atoms with Crippen molar-refractivity contribution in [1.29, 1.82) is 0 Å². The fourth-order valence-corrected chi connectivity index (χ4v) is 6.51. The molecule has 1 heterocycles. The molecule has 5 rings (SSSR count). The molecule has 0 bridgehead atoms. The summed E-state index contributed by atoms with van der Waals surface area (Å²) in [5.74, 6) is 1.77. The predicted molar refractivity (Wildman–Crippen MR) is 120 cm³/mol. The lowest BCUT2D eigenvalue weighted by Gasteiger charge is -2.49. The van der Waals surface area contributed by atoms with Crippen LogP contribution in [0, 0.1) is 11.8 Å². The van der Waals surface area contributed by atoms with Crippen LogP contribution in [-0.4, -0.2) is 48.3 Å². The summed E-state index contributed by atoms with van der Waals surface area (Å²) in [5, 5.41) is 18.3. The minimum Gasteiger partial charge on any atom is -0.389 e. The molecule has 0 amide bonds. The standard InChI is InChI=1S/C26H36N2O/c29-26(13-12-20-6-1-2-8-22(20)18-26)25(19-28-16-14-27-15-17-28)24-11-5-9-21-7-3-4-10-23(21)24/h3-5,7,9-11,20,22,25,27,29H,1-2,6,8,12-19H2. The van der Waals surface area contributed by atoms with Crippen LogP contribution in [0.2, 0.25) is 0 Å². The van der Waals surface area contributed by atoms with Crippen LogP contribution in [0.4, 0.5) is 0 Å². The van der Waals surface area contributed by atoms with Crippen molar-refractivity contribution in [1.82, 2.24) is 10.2 Å². The van der Waals surface area contributed by atoms with Crippen LogP contribution < -0.4 is 5.32 Å². The largest absolute Gasteiger partial charge is 0.389 e. The molecule has 3 aliphatic rings. The summed E-state index contributed by atoms with van der Waals surface area (Å²) in [6, 6.07) is 15.4. The Kier molecular flexibility index (Phi) is 5.64. The van der Waals surface area contributed by atoms with Crippen molar-refractivity contribution in [2.75, 3.05) is 32.7 Å². The molecule has 2 aromatic carbocycles. The van der Waals surface area contributed by atoms with Crippen LogP contribution in [0.5, 0.6) is 0 Å². The molecule has 0 radical (unpaired) electrons. The fraction of sp³-hybridized carbons (Fsp3) is 0.615. The number of hydrogen-bond acceptors (Lipinski definition) is 3. The molecule has 2 aliphatic carbocycles. The maximum absolute atomic E-state index is 12.2. The van der Waals surface area contributed by atoms with Crippen molar-refractivity contribution < 1.29 is 5.11 Å². The van der Waals surface area contributed by atoms with E-state index >= 15 is 0 Å². The van der Waals surface area contributed by atoms with Crippen LogP contribution in [0.15, 0.2) is 42.5 Å². The first-order valence-corrected chi connectivity index (χ1v) is 11.9. The van der Waals surface area contributed by atoms with E-state index in [4.69, 9.17) is 0 Å². The zero-order valence-electron chi connectivity index (χ0n) is 17.7. The summed E-state index contributed by atoms with van der Waals surface area (Å²) in [4.78, 5) is 2.58.